The van der Waals surface area contributed by atoms with Gasteiger partial charge < -0.3 is 4.74 Å². The molecule has 0 spiro atoms. The highest BCUT2D eigenvalue weighted by Gasteiger charge is 2.31. The molecule has 3 aromatic rings. The maximum Gasteiger partial charge on any atom is 0.416 e. The van der Waals surface area contributed by atoms with E-state index < -0.39 is 29.3 Å². The van der Waals surface area contributed by atoms with E-state index in [1.165, 1.54) is 49.8 Å². The van der Waals surface area contributed by atoms with Gasteiger partial charge in [0, 0.05) is 24.7 Å². The number of hydrogen-bond acceptors (Lipinski definition) is 4. The molecule has 150 valence electrons. The molecule has 1 aromatic carbocycles. The number of ether oxygens (including phenoxy) is 1. The summed E-state index contributed by atoms with van der Waals surface area (Å²) in [7, 11) is 1.37. The van der Waals surface area contributed by atoms with E-state index in [9.17, 15) is 22.4 Å². The van der Waals surface area contributed by atoms with Crippen LogP contribution in [0.2, 0.25) is 0 Å². The van der Waals surface area contributed by atoms with Gasteiger partial charge in [0.15, 0.2) is 5.78 Å². The van der Waals surface area contributed by atoms with Crippen LogP contribution in [0.5, 0.6) is 5.88 Å². The lowest BCUT2D eigenvalue weighted by atomic mass is 9.88. The van der Waals surface area contributed by atoms with Crippen LogP contribution in [0.25, 0.3) is 0 Å². The lowest BCUT2D eigenvalue weighted by Crippen LogP contribution is -2.14. The van der Waals surface area contributed by atoms with Crippen molar-refractivity contribution in [2.45, 2.75) is 18.5 Å². The number of Topliss-reactive ketones (excluding diaryl/α,β-unsaturated/α-hetero) is 1. The van der Waals surface area contributed by atoms with Crippen molar-refractivity contribution in [1.82, 2.24) is 9.97 Å². The number of hydrogen-bond donors (Lipinski definition) is 0. The summed E-state index contributed by atoms with van der Waals surface area (Å²) in [5, 5.41) is 0. The first-order valence-corrected chi connectivity index (χ1v) is 8.61. The third kappa shape index (κ3) is 4.59. The maximum atomic E-state index is 14.4. The fourth-order valence-electron chi connectivity index (χ4n) is 2.99. The van der Waals surface area contributed by atoms with Crippen molar-refractivity contribution in [3.8, 4) is 5.88 Å². The molecule has 0 bridgehead atoms. The van der Waals surface area contributed by atoms with Gasteiger partial charge in [-0.1, -0.05) is 12.1 Å². The molecular formula is C21H16F4N2O2. The molecule has 0 amide bonds. The number of carbonyl (C=O) groups excluding carboxylic acids is 1. The van der Waals surface area contributed by atoms with Gasteiger partial charge in [0.1, 0.15) is 5.82 Å². The second-order valence-corrected chi connectivity index (χ2v) is 6.23. The Kier molecular flexibility index (Phi) is 5.91. The number of rotatable bonds is 6. The van der Waals surface area contributed by atoms with Gasteiger partial charge in [-0.15, -0.1) is 0 Å². The Hall–Kier alpha value is -3.29. The summed E-state index contributed by atoms with van der Waals surface area (Å²) in [6.45, 7) is 0. The van der Waals surface area contributed by atoms with Gasteiger partial charge in [0.25, 0.3) is 0 Å². The van der Waals surface area contributed by atoms with Crippen molar-refractivity contribution in [1.29, 1.82) is 0 Å². The predicted molar refractivity (Wildman–Crippen MR) is 97.2 cm³/mol. The summed E-state index contributed by atoms with van der Waals surface area (Å²) >= 11 is 0. The van der Waals surface area contributed by atoms with Gasteiger partial charge in [-0.3, -0.25) is 9.78 Å². The second-order valence-electron chi connectivity index (χ2n) is 6.23. The zero-order valence-electron chi connectivity index (χ0n) is 15.3. The predicted octanol–water partition coefficient (Wildman–Crippen LogP) is 5.05. The smallest absolute Gasteiger partial charge is 0.416 e. The van der Waals surface area contributed by atoms with Gasteiger partial charge in [-0.2, -0.15) is 13.2 Å². The molecule has 3 rings (SSSR count). The number of carbonyl (C=O) groups is 1. The summed E-state index contributed by atoms with van der Waals surface area (Å²) in [6.07, 6.45) is -1.89. The highest BCUT2D eigenvalue weighted by Crippen LogP contribution is 2.34. The molecule has 1 atom stereocenters. The van der Waals surface area contributed by atoms with Crippen LogP contribution in [0.15, 0.2) is 60.9 Å². The van der Waals surface area contributed by atoms with Crippen molar-refractivity contribution in [3.63, 3.8) is 0 Å². The van der Waals surface area contributed by atoms with Crippen LogP contribution >= 0.6 is 0 Å². The van der Waals surface area contributed by atoms with Gasteiger partial charge in [0.05, 0.1) is 23.9 Å². The second kappa shape index (κ2) is 8.38. The fraction of sp³-hybridized carbons (Fsp3) is 0.190. The average Bonchev–Trinajstić information content (AvgIpc) is 2.72. The highest BCUT2D eigenvalue weighted by molar-refractivity contribution is 5.98. The number of methoxy groups -OCH3 is 1. The van der Waals surface area contributed by atoms with E-state index in [0.29, 0.717) is 5.56 Å². The lowest BCUT2D eigenvalue weighted by Gasteiger charge is -2.18. The van der Waals surface area contributed by atoms with Gasteiger partial charge in [-0.25, -0.2) is 9.37 Å². The van der Waals surface area contributed by atoms with E-state index in [1.54, 1.807) is 6.07 Å². The number of aromatic nitrogens is 2. The molecule has 0 fully saturated rings. The Morgan fingerprint density at radius 1 is 1.03 bits per heavy atom. The van der Waals surface area contributed by atoms with E-state index in [-0.39, 0.29) is 23.6 Å². The summed E-state index contributed by atoms with van der Waals surface area (Å²) in [4.78, 5) is 20.9. The van der Waals surface area contributed by atoms with Gasteiger partial charge in [-0.05, 0) is 42.0 Å². The van der Waals surface area contributed by atoms with Crippen LogP contribution in [0, 0.1) is 5.82 Å². The first-order valence-electron chi connectivity index (χ1n) is 8.61. The monoisotopic (exact) mass is 404 g/mol. The molecule has 0 N–H and O–H groups in total. The number of nitrogens with zero attached hydrogens (tertiary/aromatic N) is 2. The van der Waals surface area contributed by atoms with Crippen molar-refractivity contribution in [2.75, 3.05) is 7.11 Å². The van der Waals surface area contributed by atoms with Gasteiger partial charge in [0.2, 0.25) is 5.88 Å². The molecule has 0 radical (unpaired) electrons. The number of benzene rings is 1. The number of halogens is 4. The Morgan fingerprint density at radius 3 is 2.31 bits per heavy atom. The average molecular weight is 404 g/mol. The molecule has 0 saturated carbocycles. The summed E-state index contributed by atoms with van der Waals surface area (Å²) in [6, 6.07) is 9.93. The molecule has 0 aliphatic rings. The first kappa shape index (κ1) is 20.4. The molecule has 29 heavy (non-hydrogen) atoms. The minimum Gasteiger partial charge on any atom is -0.480 e. The summed E-state index contributed by atoms with van der Waals surface area (Å²) in [5.41, 5.74) is -0.319. The first-order chi connectivity index (χ1) is 13.8. The molecule has 0 aliphatic heterocycles. The standard InChI is InChI=1S/C21H16F4N2O2/c1-29-20-15(4-2-11-27-20)18(28)12-16(19-17(22)5-3-10-26-19)13-6-8-14(9-7-13)21(23,24)25/h2-11,16H,12H2,1H3/t16-/m0/s1. The van der Waals surface area contributed by atoms with E-state index >= 15 is 0 Å². The van der Waals surface area contributed by atoms with Crippen LogP contribution < -0.4 is 4.74 Å². The van der Waals surface area contributed by atoms with E-state index in [1.807, 2.05) is 0 Å². The quantitative estimate of drug-likeness (QED) is 0.426. The van der Waals surface area contributed by atoms with Crippen LogP contribution in [0.3, 0.4) is 0 Å². The van der Waals surface area contributed by atoms with Crippen LogP contribution in [-0.4, -0.2) is 22.9 Å². The molecule has 8 heteroatoms. The van der Waals surface area contributed by atoms with Crippen molar-refractivity contribution < 1.29 is 27.1 Å². The van der Waals surface area contributed by atoms with Crippen molar-refractivity contribution in [3.05, 3.63) is 89.1 Å². The largest absolute Gasteiger partial charge is 0.480 e. The fourth-order valence-corrected chi connectivity index (χ4v) is 2.99. The Labute approximate surface area is 164 Å². The van der Waals surface area contributed by atoms with Crippen LogP contribution in [0.1, 0.15) is 39.5 Å². The Bertz CT molecular complexity index is 1000. The molecule has 0 saturated heterocycles. The summed E-state index contributed by atoms with van der Waals surface area (Å²) < 4.78 is 58.1. The topological polar surface area (TPSA) is 52.1 Å². The molecular weight excluding hydrogens is 388 g/mol. The van der Waals surface area contributed by atoms with Crippen LogP contribution in [-0.2, 0) is 6.18 Å². The lowest BCUT2D eigenvalue weighted by molar-refractivity contribution is -0.137. The summed E-state index contributed by atoms with van der Waals surface area (Å²) in [5.74, 6) is -1.81. The molecule has 2 heterocycles. The van der Waals surface area contributed by atoms with Crippen molar-refractivity contribution in [2.24, 2.45) is 0 Å². The highest BCUT2D eigenvalue weighted by atomic mass is 19.4. The number of ketones is 1. The minimum absolute atomic E-state index is 0.0246. The van der Waals surface area contributed by atoms with E-state index in [4.69, 9.17) is 4.74 Å². The third-order valence-electron chi connectivity index (χ3n) is 4.41. The van der Waals surface area contributed by atoms with Crippen molar-refractivity contribution >= 4 is 5.78 Å². The Balaban J connectivity index is 2.00. The zero-order chi connectivity index (χ0) is 21.0. The molecule has 0 unspecified atom stereocenters. The van der Waals surface area contributed by atoms with Gasteiger partial charge >= 0.3 is 6.18 Å². The maximum absolute atomic E-state index is 14.4. The number of pyridine rings is 2. The third-order valence-corrected chi connectivity index (χ3v) is 4.41. The number of alkyl halides is 3. The molecule has 2 aromatic heterocycles. The molecule has 0 aliphatic carbocycles. The van der Waals surface area contributed by atoms with Crippen LogP contribution in [0.4, 0.5) is 17.6 Å². The SMILES string of the molecule is COc1ncccc1C(=O)C[C@@H](c1ccc(C(F)(F)F)cc1)c1ncccc1F. The zero-order valence-corrected chi connectivity index (χ0v) is 15.3. The Morgan fingerprint density at radius 2 is 1.69 bits per heavy atom. The van der Waals surface area contributed by atoms with E-state index in [2.05, 4.69) is 9.97 Å². The van der Waals surface area contributed by atoms with E-state index in [0.717, 1.165) is 12.1 Å². The minimum atomic E-state index is -4.50. The molecule has 4 nitrogen and oxygen atoms in total. The normalized spacial score (nSPS) is 12.4.